The Morgan fingerprint density at radius 2 is 2.00 bits per heavy atom. The minimum absolute atomic E-state index is 0.336. The third-order valence-corrected chi connectivity index (χ3v) is 3.69. The third kappa shape index (κ3) is 7.88. The predicted octanol–water partition coefficient (Wildman–Crippen LogP) is 1.63. The Kier molecular flexibility index (Phi) is 9.43. The number of hydrogen-bond acceptors (Lipinski definition) is 4. The Morgan fingerprint density at radius 3 is 2.63 bits per heavy atom. The highest BCUT2D eigenvalue weighted by molar-refractivity contribution is 4.78. The Labute approximate surface area is 118 Å². The summed E-state index contributed by atoms with van der Waals surface area (Å²) in [4.78, 5) is 2.36. The molecule has 0 bridgehead atoms. The molecule has 4 heteroatoms. The molecule has 0 aromatic heterocycles. The molecule has 0 aromatic carbocycles. The van der Waals surface area contributed by atoms with Gasteiger partial charge in [0.1, 0.15) is 0 Å². The molecule has 1 unspecified atom stereocenters. The molecule has 114 valence electrons. The Hall–Kier alpha value is -0.160. The van der Waals surface area contributed by atoms with Crippen LogP contribution in [0.4, 0.5) is 0 Å². The van der Waals surface area contributed by atoms with Crippen LogP contribution >= 0.6 is 0 Å². The van der Waals surface area contributed by atoms with Gasteiger partial charge in [0, 0.05) is 19.2 Å². The van der Waals surface area contributed by atoms with Crippen LogP contribution in [-0.4, -0.2) is 61.5 Å². The monoisotopic (exact) mass is 272 g/mol. The van der Waals surface area contributed by atoms with E-state index in [-0.39, 0.29) is 6.10 Å². The van der Waals surface area contributed by atoms with Gasteiger partial charge in [-0.2, -0.15) is 0 Å². The fourth-order valence-corrected chi connectivity index (χ4v) is 2.48. The van der Waals surface area contributed by atoms with Crippen LogP contribution in [0.5, 0.6) is 0 Å². The van der Waals surface area contributed by atoms with Gasteiger partial charge in [0.2, 0.25) is 0 Å². The standard InChI is InChI=1S/C15H32N2O2/c1-3-5-11-19-13-15(18)12-17-9-6-14(7-10-17)16-8-4-2/h14-16,18H,3-13H2,1-2H3. The maximum Gasteiger partial charge on any atom is 0.0900 e. The second kappa shape index (κ2) is 10.6. The predicted molar refractivity (Wildman–Crippen MR) is 79.5 cm³/mol. The molecule has 0 spiro atoms. The second-order valence-electron chi connectivity index (χ2n) is 5.61. The van der Waals surface area contributed by atoms with E-state index >= 15 is 0 Å². The van der Waals surface area contributed by atoms with Crippen molar-refractivity contribution >= 4 is 0 Å². The first-order valence-corrected chi connectivity index (χ1v) is 7.97. The zero-order chi connectivity index (χ0) is 13.9. The molecule has 1 rings (SSSR count). The molecule has 0 saturated carbocycles. The van der Waals surface area contributed by atoms with Crippen molar-refractivity contribution in [3.05, 3.63) is 0 Å². The molecule has 19 heavy (non-hydrogen) atoms. The molecule has 0 aliphatic carbocycles. The van der Waals surface area contributed by atoms with E-state index in [0.717, 1.165) is 45.6 Å². The second-order valence-corrected chi connectivity index (χ2v) is 5.61. The summed E-state index contributed by atoms with van der Waals surface area (Å²) >= 11 is 0. The lowest BCUT2D eigenvalue weighted by Crippen LogP contribution is -2.45. The molecule has 0 amide bonds. The summed E-state index contributed by atoms with van der Waals surface area (Å²) in [5, 5.41) is 13.5. The maximum atomic E-state index is 9.93. The summed E-state index contributed by atoms with van der Waals surface area (Å²) in [6.45, 7) is 9.67. The van der Waals surface area contributed by atoms with Crippen molar-refractivity contribution in [2.45, 2.75) is 58.1 Å². The van der Waals surface area contributed by atoms with Crippen LogP contribution in [0.3, 0.4) is 0 Å². The highest BCUT2D eigenvalue weighted by Gasteiger charge is 2.20. The molecule has 1 aliphatic heterocycles. The van der Waals surface area contributed by atoms with Crippen LogP contribution in [-0.2, 0) is 4.74 Å². The molecule has 0 radical (unpaired) electrons. The van der Waals surface area contributed by atoms with Crippen molar-refractivity contribution in [1.29, 1.82) is 0 Å². The number of aliphatic hydroxyl groups excluding tert-OH is 1. The molecule has 4 nitrogen and oxygen atoms in total. The van der Waals surface area contributed by atoms with Gasteiger partial charge < -0.3 is 20.1 Å². The molecule has 1 saturated heterocycles. The van der Waals surface area contributed by atoms with Gasteiger partial charge in [-0.05, 0) is 45.3 Å². The van der Waals surface area contributed by atoms with Crippen LogP contribution < -0.4 is 5.32 Å². The van der Waals surface area contributed by atoms with Gasteiger partial charge in [-0.25, -0.2) is 0 Å². The van der Waals surface area contributed by atoms with Gasteiger partial charge in [0.25, 0.3) is 0 Å². The minimum Gasteiger partial charge on any atom is -0.389 e. The summed E-state index contributed by atoms with van der Waals surface area (Å²) in [6.07, 6.45) is 5.49. The summed E-state index contributed by atoms with van der Waals surface area (Å²) in [5.41, 5.74) is 0. The van der Waals surface area contributed by atoms with Crippen molar-refractivity contribution in [2.24, 2.45) is 0 Å². The lowest BCUT2D eigenvalue weighted by atomic mass is 10.0. The molecule has 1 atom stereocenters. The van der Waals surface area contributed by atoms with Gasteiger partial charge in [-0.3, -0.25) is 0 Å². The average molecular weight is 272 g/mol. The lowest BCUT2D eigenvalue weighted by Gasteiger charge is -2.33. The zero-order valence-electron chi connectivity index (χ0n) is 12.7. The van der Waals surface area contributed by atoms with Gasteiger partial charge in [0.05, 0.1) is 12.7 Å². The number of piperidine rings is 1. The Balaban J connectivity index is 2.04. The molecular formula is C15H32N2O2. The fraction of sp³-hybridized carbons (Fsp3) is 1.00. The highest BCUT2D eigenvalue weighted by atomic mass is 16.5. The number of unbranched alkanes of at least 4 members (excludes halogenated alkanes) is 1. The summed E-state index contributed by atoms with van der Waals surface area (Å²) in [6, 6.07) is 0.675. The Bertz CT molecular complexity index is 206. The number of likely N-dealkylation sites (tertiary alicyclic amines) is 1. The smallest absolute Gasteiger partial charge is 0.0900 e. The largest absolute Gasteiger partial charge is 0.389 e. The molecular weight excluding hydrogens is 240 g/mol. The average Bonchev–Trinajstić information content (AvgIpc) is 2.43. The van der Waals surface area contributed by atoms with Crippen LogP contribution in [0.1, 0.15) is 46.0 Å². The third-order valence-electron chi connectivity index (χ3n) is 3.69. The SMILES string of the molecule is CCCCOCC(O)CN1CCC(NCCC)CC1. The highest BCUT2D eigenvalue weighted by Crippen LogP contribution is 2.10. The van der Waals surface area contributed by atoms with Crippen LogP contribution in [0.25, 0.3) is 0 Å². The van der Waals surface area contributed by atoms with Gasteiger partial charge in [-0.15, -0.1) is 0 Å². The summed E-state index contributed by atoms with van der Waals surface area (Å²) in [5.74, 6) is 0. The van der Waals surface area contributed by atoms with Crippen molar-refractivity contribution in [1.82, 2.24) is 10.2 Å². The maximum absolute atomic E-state index is 9.93. The first-order chi connectivity index (χ1) is 9.26. The van der Waals surface area contributed by atoms with Crippen LogP contribution in [0.15, 0.2) is 0 Å². The van der Waals surface area contributed by atoms with E-state index in [0.29, 0.717) is 12.6 Å². The lowest BCUT2D eigenvalue weighted by molar-refractivity contribution is 0.0112. The molecule has 1 aliphatic rings. The number of hydrogen-bond donors (Lipinski definition) is 2. The van der Waals surface area contributed by atoms with Crippen LogP contribution in [0, 0.1) is 0 Å². The van der Waals surface area contributed by atoms with Crippen molar-refractivity contribution in [3.8, 4) is 0 Å². The van der Waals surface area contributed by atoms with E-state index in [9.17, 15) is 5.11 Å². The number of ether oxygens (including phenoxy) is 1. The van der Waals surface area contributed by atoms with Crippen molar-refractivity contribution in [3.63, 3.8) is 0 Å². The van der Waals surface area contributed by atoms with Crippen molar-refractivity contribution < 1.29 is 9.84 Å². The van der Waals surface area contributed by atoms with E-state index in [1.807, 2.05) is 0 Å². The number of rotatable bonds is 10. The van der Waals surface area contributed by atoms with E-state index in [1.165, 1.54) is 19.3 Å². The van der Waals surface area contributed by atoms with Gasteiger partial charge >= 0.3 is 0 Å². The van der Waals surface area contributed by atoms with Gasteiger partial charge in [0.15, 0.2) is 0 Å². The number of aliphatic hydroxyl groups is 1. The molecule has 0 aromatic rings. The minimum atomic E-state index is -0.336. The summed E-state index contributed by atoms with van der Waals surface area (Å²) in [7, 11) is 0. The number of nitrogens with zero attached hydrogens (tertiary/aromatic N) is 1. The topological polar surface area (TPSA) is 44.7 Å². The van der Waals surface area contributed by atoms with E-state index in [2.05, 4.69) is 24.1 Å². The molecule has 2 N–H and O–H groups in total. The molecule has 1 fully saturated rings. The van der Waals surface area contributed by atoms with E-state index in [4.69, 9.17) is 4.74 Å². The normalized spacial score (nSPS) is 19.7. The summed E-state index contributed by atoms with van der Waals surface area (Å²) < 4.78 is 5.46. The first kappa shape index (κ1) is 16.9. The first-order valence-electron chi connectivity index (χ1n) is 7.97. The van der Waals surface area contributed by atoms with E-state index < -0.39 is 0 Å². The molecule has 1 heterocycles. The zero-order valence-corrected chi connectivity index (χ0v) is 12.7. The number of nitrogens with one attached hydrogen (secondary N) is 1. The van der Waals surface area contributed by atoms with Gasteiger partial charge in [-0.1, -0.05) is 20.3 Å². The Morgan fingerprint density at radius 1 is 1.26 bits per heavy atom. The van der Waals surface area contributed by atoms with E-state index in [1.54, 1.807) is 0 Å². The quantitative estimate of drug-likeness (QED) is 0.593. The number of β-amino-alcohol motifs (C(OH)–C–C–N with tert-alkyl or cyclic N) is 1. The van der Waals surface area contributed by atoms with Crippen molar-refractivity contribution in [2.75, 3.05) is 39.4 Å². The van der Waals surface area contributed by atoms with Crippen LogP contribution in [0.2, 0.25) is 0 Å². The fourth-order valence-electron chi connectivity index (χ4n) is 2.48.